The third-order valence-corrected chi connectivity index (χ3v) is 3.43. The van der Waals surface area contributed by atoms with Gasteiger partial charge in [-0.3, -0.25) is 9.59 Å². The Kier molecular flexibility index (Phi) is 2.96. The van der Waals surface area contributed by atoms with Crippen LogP contribution in [0.3, 0.4) is 0 Å². The van der Waals surface area contributed by atoms with Crippen LogP contribution in [-0.4, -0.2) is 27.0 Å². The second kappa shape index (κ2) is 4.57. The number of carbonyl (C=O) groups excluding carboxylic acids is 2. The van der Waals surface area contributed by atoms with E-state index < -0.39 is 23.1 Å². The van der Waals surface area contributed by atoms with Crippen LogP contribution in [-0.2, 0) is 10.9 Å². The minimum atomic E-state index is -3.08. The van der Waals surface area contributed by atoms with Crippen LogP contribution in [0.1, 0.15) is 37.4 Å². The van der Waals surface area contributed by atoms with Crippen molar-refractivity contribution in [3.05, 3.63) is 70.3 Å². The highest BCUT2D eigenvalue weighted by molar-refractivity contribution is 6.28. The zero-order chi connectivity index (χ0) is 15.2. The maximum Gasteiger partial charge on any atom is 0.335 e. The average molecular weight is 286 g/mol. The SMILES string of the molecule is O=C1c2ccccc2C(=O)c2c1cccc2C(O)(O)OO. The van der Waals surface area contributed by atoms with E-state index in [2.05, 4.69) is 4.89 Å². The molecule has 2 aromatic carbocycles. The molecule has 106 valence electrons. The van der Waals surface area contributed by atoms with E-state index in [4.69, 9.17) is 5.26 Å². The van der Waals surface area contributed by atoms with Crippen molar-refractivity contribution in [1.29, 1.82) is 0 Å². The Labute approximate surface area is 118 Å². The quantitative estimate of drug-likeness (QED) is 0.369. The van der Waals surface area contributed by atoms with Crippen molar-refractivity contribution in [3.8, 4) is 0 Å². The number of aliphatic hydroxyl groups is 2. The van der Waals surface area contributed by atoms with Gasteiger partial charge in [-0.25, -0.2) is 5.26 Å². The van der Waals surface area contributed by atoms with Crippen molar-refractivity contribution in [3.63, 3.8) is 0 Å². The van der Waals surface area contributed by atoms with Crippen molar-refractivity contribution >= 4 is 11.6 Å². The molecule has 1 aliphatic carbocycles. The molecule has 0 aromatic heterocycles. The van der Waals surface area contributed by atoms with Crippen LogP contribution in [0.5, 0.6) is 0 Å². The Balaban J connectivity index is 2.31. The molecule has 0 saturated heterocycles. The number of hydrogen-bond acceptors (Lipinski definition) is 6. The second-order valence-electron chi connectivity index (χ2n) is 4.63. The lowest BCUT2D eigenvalue weighted by molar-refractivity contribution is -0.481. The molecule has 0 fully saturated rings. The van der Waals surface area contributed by atoms with Gasteiger partial charge >= 0.3 is 5.97 Å². The molecule has 0 heterocycles. The lowest BCUT2D eigenvalue weighted by Gasteiger charge is -2.24. The van der Waals surface area contributed by atoms with Gasteiger partial charge in [-0.2, -0.15) is 4.89 Å². The molecule has 0 radical (unpaired) electrons. The summed E-state index contributed by atoms with van der Waals surface area (Å²) in [6.45, 7) is 0. The van der Waals surface area contributed by atoms with E-state index in [1.807, 2.05) is 0 Å². The molecule has 1 aliphatic rings. The molecular formula is C15H10O6. The molecule has 2 aromatic rings. The zero-order valence-electron chi connectivity index (χ0n) is 10.6. The third kappa shape index (κ3) is 1.90. The van der Waals surface area contributed by atoms with Crippen LogP contribution in [0.4, 0.5) is 0 Å². The zero-order valence-corrected chi connectivity index (χ0v) is 10.6. The lowest BCUT2D eigenvalue weighted by atomic mass is 9.81. The maximum atomic E-state index is 12.5. The second-order valence-corrected chi connectivity index (χ2v) is 4.63. The molecule has 21 heavy (non-hydrogen) atoms. The predicted molar refractivity (Wildman–Crippen MR) is 69.6 cm³/mol. The summed E-state index contributed by atoms with van der Waals surface area (Å²) in [4.78, 5) is 28.5. The minimum Gasteiger partial charge on any atom is -0.338 e. The topological polar surface area (TPSA) is 104 Å². The average Bonchev–Trinajstić information content (AvgIpc) is 2.52. The molecule has 0 spiro atoms. The first-order valence-electron chi connectivity index (χ1n) is 6.06. The van der Waals surface area contributed by atoms with Crippen LogP contribution in [0.15, 0.2) is 42.5 Å². The molecule has 0 bridgehead atoms. The van der Waals surface area contributed by atoms with Gasteiger partial charge in [0.25, 0.3) is 0 Å². The third-order valence-electron chi connectivity index (χ3n) is 3.43. The molecule has 6 heteroatoms. The van der Waals surface area contributed by atoms with Gasteiger partial charge in [-0.15, -0.1) is 0 Å². The van der Waals surface area contributed by atoms with E-state index in [0.717, 1.165) is 0 Å². The van der Waals surface area contributed by atoms with E-state index in [0.29, 0.717) is 0 Å². The van der Waals surface area contributed by atoms with Crippen LogP contribution < -0.4 is 0 Å². The highest BCUT2D eigenvalue weighted by Crippen LogP contribution is 2.33. The smallest absolute Gasteiger partial charge is 0.335 e. The molecule has 6 nitrogen and oxygen atoms in total. The summed E-state index contributed by atoms with van der Waals surface area (Å²) in [7, 11) is 0. The van der Waals surface area contributed by atoms with Gasteiger partial charge in [0.05, 0.1) is 5.56 Å². The van der Waals surface area contributed by atoms with E-state index in [-0.39, 0.29) is 22.3 Å². The number of ketones is 2. The van der Waals surface area contributed by atoms with E-state index in [1.165, 1.54) is 30.3 Å². The van der Waals surface area contributed by atoms with Gasteiger partial charge in [-0.1, -0.05) is 42.5 Å². The monoisotopic (exact) mass is 286 g/mol. The Morgan fingerprint density at radius 1 is 0.810 bits per heavy atom. The Morgan fingerprint density at radius 2 is 1.38 bits per heavy atom. The van der Waals surface area contributed by atoms with E-state index >= 15 is 0 Å². The first-order chi connectivity index (χ1) is 9.97. The van der Waals surface area contributed by atoms with Crippen molar-refractivity contribution in [2.75, 3.05) is 0 Å². The number of fused-ring (bicyclic) bond motifs is 2. The molecular weight excluding hydrogens is 276 g/mol. The molecule has 0 amide bonds. The molecule has 0 unspecified atom stereocenters. The van der Waals surface area contributed by atoms with Crippen molar-refractivity contribution in [1.82, 2.24) is 0 Å². The lowest BCUT2D eigenvalue weighted by Crippen LogP contribution is -2.33. The number of hydrogen-bond donors (Lipinski definition) is 3. The minimum absolute atomic E-state index is 0.0284. The van der Waals surface area contributed by atoms with Gasteiger partial charge in [-0.05, 0) is 0 Å². The van der Waals surface area contributed by atoms with E-state index in [9.17, 15) is 19.8 Å². The first kappa shape index (κ1) is 13.6. The highest BCUT2D eigenvalue weighted by atomic mass is 17.2. The standard InChI is InChI=1S/C15H10O6/c16-13-8-4-1-2-5-9(8)14(17)12-10(13)6-3-7-11(12)15(18,19)21-20/h1-7,18-20H. The summed E-state index contributed by atoms with van der Waals surface area (Å²) >= 11 is 0. The fourth-order valence-electron chi connectivity index (χ4n) is 2.47. The summed E-state index contributed by atoms with van der Waals surface area (Å²) in [5.74, 6) is -4.02. The van der Waals surface area contributed by atoms with Gasteiger partial charge in [0, 0.05) is 22.3 Å². The van der Waals surface area contributed by atoms with Gasteiger partial charge in [0.15, 0.2) is 11.6 Å². The fraction of sp³-hybridized carbons (Fsp3) is 0.0667. The predicted octanol–water partition coefficient (Wildman–Crippen LogP) is 1.05. The highest BCUT2D eigenvalue weighted by Gasteiger charge is 2.38. The summed E-state index contributed by atoms with van der Waals surface area (Å²) in [6.07, 6.45) is 0. The van der Waals surface area contributed by atoms with Crippen LogP contribution in [0.2, 0.25) is 0 Å². The maximum absolute atomic E-state index is 12.5. The summed E-state index contributed by atoms with van der Waals surface area (Å²) in [5.41, 5.74) is -0.147. The Hall–Kier alpha value is -2.38. The van der Waals surface area contributed by atoms with Crippen LogP contribution in [0, 0.1) is 0 Å². The molecule has 0 atom stereocenters. The molecule has 0 saturated carbocycles. The van der Waals surface area contributed by atoms with Gasteiger partial charge in [0.1, 0.15) is 0 Å². The number of benzene rings is 2. The Morgan fingerprint density at radius 3 is 2.00 bits per heavy atom. The van der Waals surface area contributed by atoms with Crippen molar-refractivity contribution < 1.29 is 29.9 Å². The molecule has 3 N–H and O–H groups in total. The van der Waals surface area contributed by atoms with E-state index in [1.54, 1.807) is 12.1 Å². The number of rotatable bonds is 2. The summed E-state index contributed by atoms with van der Waals surface area (Å²) < 4.78 is 0. The summed E-state index contributed by atoms with van der Waals surface area (Å²) in [6, 6.07) is 10.2. The first-order valence-corrected chi connectivity index (χ1v) is 6.06. The Bertz CT molecular complexity index is 763. The number of carbonyl (C=O) groups is 2. The normalized spacial score (nSPS) is 13.9. The van der Waals surface area contributed by atoms with Crippen molar-refractivity contribution in [2.45, 2.75) is 5.97 Å². The largest absolute Gasteiger partial charge is 0.338 e. The van der Waals surface area contributed by atoms with Crippen LogP contribution >= 0.6 is 0 Å². The van der Waals surface area contributed by atoms with Gasteiger partial charge < -0.3 is 10.2 Å². The molecule has 0 aliphatic heterocycles. The van der Waals surface area contributed by atoms with Gasteiger partial charge in [0.2, 0.25) is 0 Å². The fourth-order valence-corrected chi connectivity index (χ4v) is 2.47. The summed E-state index contributed by atoms with van der Waals surface area (Å²) in [5, 5.41) is 27.8. The van der Waals surface area contributed by atoms with Crippen LogP contribution in [0.25, 0.3) is 0 Å². The molecule has 3 rings (SSSR count). The van der Waals surface area contributed by atoms with Crippen molar-refractivity contribution in [2.24, 2.45) is 0 Å².